The predicted molar refractivity (Wildman–Crippen MR) is 75.9 cm³/mol. The van der Waals surface area contributed by atoms with Crippen molar-refractivity contribution in [1.29, 1.82) is 0 Å². The van der Waals surface area contributed by atoms with Crippen LogP contribution in [0.15, 0.2) is 29.1 Å². The van der Waals surface area contributed by atoms with Gasteiger partial charge in [-0.05, 0) is 31.5 Å². The average Bonchev–Trinajstić information content (AvgIpc) is 2.70. The third kappa shape index (κ3) is 3.12. The number of H-pyrrole nitrogens is 1. The normalized spacial score (nSPS) is 12.4. The van der Waals surface area contributed by atoms with Gasteiger partial charge in [0.05, 0.1) is 6.04 Å². The van der Waals surface area contributed by atoms with Gasteiger partial charge in [-0.3, -0.25) is 9.89 Å². The molecule has 0 aliphatic heterocycles. The summed E-state index contributed by atoms with van der Waals surface area (Å²) in [5.74, 6) is 1.02. The van der Waals surface area contributed by atoms with Crippen LogP contribution in [0.4, 0.5) is 5.82 Å². The van der Waals surface area contributed by atoms with Crippen molar-refractivity contribution in [3.05, 3.63) is 45.2 Å². The summed E-state index contributed by atoms with van der Waals surface area (Å²) in [6, 6.07) is 6.69. The summed E-state index contributed by atoms with van der Waals surface area (Å²) in [5.41, 5.74) is 6.35. The van der Waals surface area contributed by atoms with Gasteiger partial charge in [0, 0.05) is 11.1 Å². The molecule has 1 unspecified atom stereocenters. The van der Waals surface area contributed by atoms with Gasteiger partial charge in [0.1, 0.15) is 18.2 Å². The third-order valence-electron chi connectivity index (χ3n) is 2.84. The van der Waals surface area contributed by atoms with Gasteiger partial charge < -0.3 is 10.5 Å². The van der Waals surface area contributed by atoms with Gasteiger partial charge in [-0.25, -0.2) is 4.68 Å². The average molecular weight is 282 g/mol. The Morgan fingerprint density at radius 2 is 2.21 bits per heavy atom. The van der Waals surface area contributed by atoms with Crippen LogP contribution < -0.4 is 16.0 Å². The van der Waals surface area contributed by atoms with Gasteiger partial charge in [0.2, 0.25) is 0 Å². The van der Waals surface area contributed by atoms with Gasteiger partial charge in [0.15, 0.2) is 0 Å². The molecule has 2 rings (SSSR count). The van der Waals surface area contributed by atoms with E-state index >= 15 is 0 Å². The number of halogens is 1. The Bertz CT molecular complexity index is 633. The summed E-state index contributed by atoms with van der Waals surface area (Å²) in [7, 11) is 0. The molecule has 0 fully saturated rings. The smallest absolute Gasteiger partial charge is 0.269 e. The number of benzene rings is 1. The quantitative estimate of drug-likeness (QED) is 0.903. The number of aromatic nitrogens is 2. The van der Waals surface area contributed by atoms with Crippen molar-refractivity contribution in [3.63, 3.8) is 0 Å². The molecule has 2 aromatic rings. The van der Waals surface area contributed by atoms with Crippen molar-refractivity contribution in [2.45, 2.75) is 19.9 Å². The Morgan fingerprint density at radius 3 is 2.79 bits per heavy atom. The molecular weight excluding hydrogens is 266 g/mol. The van der Waals surface area contributed by atoms with E-state index in [9.17, 15) is 4.79 Å². The van der Waals surface area contributed by atoms with Crippen molar-refractivity contribution in [2.24, 2.45) is 0 Å². The highest BCUT2D eigenvalue weighted by molar-refractivity contribution is 6.31. The lowest BCUT2D eigenvalue weighted by atomic mass is 10.2. The Hall–Kier alpha value is -1.88. The SMILES string of the molecule is Cc1ccc(OCC(C)n2[nH]c(N)cc2=O)cc1Cl. The number of aryl methyl sites for hydroxylation is 1. The molecule has 19 heavy (non-hydrogen) atoms. The number of hydrogen-bond donors (Lipinski definition) is 2. The summed E-state index contributed by atoms with van der Waals surface area (Å²) in [5, 5.41) is 3.44. The molecule has 0 saturated heterocycles. The van der Waals surface area contributed by atoms with Crippen molar-refractivity contribution in [1.82, 2.24) is 9.78 Å². The van der Waals surface area contributed by atoms with E-state index in [4.69, 9.17) is 22.1 Å². The van der Waals surface area contributed by atoms with E-state index in [1.54, 1.807) is 6.07 Å². The zero-order chi connectivity index (χ0) is 14.0. The van der Waals surface area contributed by atoms with Crippen molar-refractivity contribution in [2.75, 3.05) is 12.3 Å². The number of nitrogen functional groups attached to an aromatic ring is 1. The van der Waals surface area contributed by atoms with Crippen LogP contribution in [0, 0.1) is 6.92 Å². The first-order valence-electron chi connectivity index (χ1n) is 5.93. The lowest BCUT2D eigenvalue weighted by Crippen LogP contribution is -2.24. The minimum absolute atomic E-state index is 0.148. The first-order valence-corrected chi connectivity index (χ1v) is 6.31. The molecule has 1 aromatic heterocycles. The van der Waals surface area contributed by atoms with Crippen LogP contribution in [0.5, 0.6) is 5.75 Å². The molecule has 1 aromatic carbocycles. The number of nitrogens with two attached hydrogens (primary N) is 1. The maximum Gasteiger partial charge on any atom is 0.269 e. The van der Waals surface area contributed by atoms with Crippen LogP contribution in [-0.4, -0.2) is 16.4 Å². The fraction of sp³-hybridized carbons (Fsp3) is 0.308. The van der Waals surface area contributed by atoms with Crippen LogP contribution in [-0.2, 0) is 0 Å². The molecule has 102 valence electrons. The molecule has 0 spiro atoms. The minimum Gasteiger partial charge on any atom is -0.491 e. The second-order valence-corrected chi connectivity index (χ2v) is 4.90. The van der Waals surface area contributed by atoms with Gasteiger partial charge in [0.25, 0.3) is 5.56 Å². The molecule has 0 radical (unpaired) electrons. The van der Waals surface area contributed by atoms with Crippen molar-refractivity contribution < 1.29 is 4.74 Å². The molecule has 6 heteroatoms. The van der Waals surface area contributed by atoms with Crippen LogP contribution in [0.3, 0.4) is 0 Å². The summed E-state index contributed by atoms with van der Waals surface area (Å²) < 4.78 is 7.05. The first-order chi connectivity index (χ1) is 8.97. The van der Waals surface area contributed by atoms with Gasteiger partial charge in [-0.15, -0.1) is 0 Å². The van der Waals surface area contributed by atoms with Crippen LogP contribution in [0.1, 0.15) is 18.5 Å². The number of hydrogen-bond acceptors (Lipinski definition) is 3. The Morgan fingerprint density at radius 1 is 1.47 bits per heavy atom. The van der Waals surface area contributed by atoms with Crippen molar-refractivity contribution >= 4 is 17.4 Å². The fourth-order valence-electron chi connectivity index (χ4n) is 1.71. The number of aromatic amines is 1. The van der Waals surface area contributed by atoms with E-state index in [0.717, 1.165) is 5.56 Å². The van der Waals surface area contributed by atoms with E-state index in [2.05, 4.69) is 5.10 Å². The highest BCUT2D eigenvalue weighted by Crippen LogP contribution is 2.22. The maximum absolute atomic E-state index is 11.6. The van der Waals surface area contributed by atoms with Crippen LogP contribution in [0.2, 0.25) is 5.02 Å². The summed E-state index contributed by atoms with van der Waals surface area (Å²) >= 11 is 6.02. The first kappa shape index (κ1) is 13.5. The van der Waals surface area contributed by atoms with Gasteiger partial charge in [-0.2, -0.15) is 0 Å². The van der Waals surface area contributed by atoms with Crippen molar-refractivity contribution in [3.8, 4) is 5.75 Å². The Balaban J connectivity index is 2.04. The summed E-state index contributed by atoms with van der Waals surface area (Å²) in [6.45, 7) is 4.14. The minimum atomic E-state index is -0.171. The van der Waals surface area contributed by atoms with E-state index < -0.39 is 0 Å². The monoisotopic (exact) mass is 281 g/mol. The number of nitrogens with one attached hydrogen (secondary N) is 1. The van der Waals surface area contributed by atoms with E-state index in [-0.39, 0.29) is 11.6 Å². The Labute approximate surface area is 115 Å². The molecule has 0 bridgehead atoms. The molecule has 0 aliphatic carbocycles. The number of nitrogens with zero attached hydrogens (tertiary/aromatic N) is 1. The molecule has 1 atom stereocenters. The number of anilines is 1. The van der Waals surface area contributed by atoms with Crippen LogP contribution in [0.25, 0.3) is 0 Å². The predicted octanol–water partition coefficient (Wildman–Crippen LogP) is 2.36. The second-order valence-electron chi connectivity index (χ2n) is 4.49. The van der Waals surface area contributed by atoms with Gasteiger partial charge in [-0.1, -0.05) is 17.7 Å². The third-order valence-corrected chi connectivity index (χ3v) is 3.25. The zero-order valence-corrected chi connectivity index (χ0v) is 11.6. The molecule has 1 heterocycles. The highest BCUT2D eigenvalue weighted by Gasteiger charge is 2.10. The molecule has 5 nitrogen and oxygen atoms in total. The molecular formula is C13H16ClN3O2. The van der Waals surface area contributed by atoms with E-state index in [0.29, 0.717) is 23.2 Å². The zero-order valence-electron chi connectivity index (χ0n) is 10.8. The lowest BCUT2D eigenvalue weighted by molar-refractivity contribution is 0.248. The molecule has 3 N–H and O–H groups in total. The van der Waals surface area contributed by atoms with E-state index in [1.807, 2.05) is 26.0 Å². The van der Waals surface area contributed by atoms with Gasteiger partial charge >= 0.3 is 0 Å². The van der Waals surface area contributed by atoms with E-state index in [1.165, 1.54) is 10.7 Å². The van der Waals surface area contributed by atoms with Crippen LogP contribution >= 0.6 is 11.6 Å². The largest absolute Gasteiger partial charge is 0.491 e. The summed E-state index contributed by atoms with van der Waals surface area (Å²) in [4.78, 5) is 11.6. The lowest BCUT2D eigenvalue weighted by Gasteiger charge is -2.14. The maximum atomic E-state index is 11.6. The fourth-order valence-corrected chi connectivity index (χ4v) is 1.88. The number of rotatable bonds is 4. The standard InChI is InChI=1S/C13H16ClN3O2/c1-8-3-4-10(5-11(8)14)19-7-9(2)17-13(18)6-12(15)16-17/h3-6,9,16H,7,15H2,1-2H3. The molecule has 0 aliphatic rings. The number of ether oxygens (including phenoxy) is 1. The molecule has 0 saturated carbocycles. The second kappa shape index (κ2) is 5.40. The summed E-state index contributed by atoms with van der Waals surface area (Å²) in [6.07, 6.45) is 0. The highest BCUT2D eigenvalue weighted by atomic mass is 35.5. The molecule has 0 amide bonds. The topological polar surface area (TPSA) is 73.0 Å². The Kier molecular flexibility index (Phi) is 3.85.